The molecule has 0 atom stereocenters. The number of hydrogen-bond acceptors (Lipinski definition) is 7. The smallest absolute Gasteiger partial charge is 0.339 e. The fraction of sp³-hybridized carbons (Fsp3) is 0.423. The van der Waals surface area contributed by atoms with Crippen molar-refractivity contribution >= 4 is 33.1 Å². The highest BCUT2D eigenvalue weighted by Crippen LogP contribution is 2.41. The summed E-state index contributed by atoms with van der Waals surface area (Å²) < 4.78 is 32.4. The number of nitrogens with zero attached hydrogens (tertiary/aromatic N) is 2. The zero-order chi connectivity index (χ0) is 26.5. The van der Waals surface area contributed by atoms with E-state index in [2.05, 4.69) is 4.98 Å². The molecule has 0 radical (unpaired) electrons. The Morgan fingerprint density at radius 3 is 2.61 bits per heavy atom. The Hall–Kier alpha value is -2.82. The molecule has 0 aliphatic carbocycles. The minimum Gasteiger partial charge on any atom is -0.462 e. The van der Waals surface area contributed by atoms with E-state index in [0.717, 1.165) is 23.6 Å². The second-order valence-electron chi connectivity index (χ2n) is 9.02. The molecule has 194 valence electrons. The zero-order valence-corrected chi connectivity index (χ0v) is 22.7. The first-order chi connectivity index (χ1) is 17.1. The number of thiophene rings is 1. The summed E-state index contributed by atoms with van der Waals surface area (Å²) in [5, 5.41) is 5.60. The first-order valence-corrected chi connectivity index (χ1v) is 14.4. The van der Waals surface area contributed by atoms with Crippen LogP contribution in [0.25, 0.3) is 11.1 Å². The number of unbranched alkanes of at least 4 members (excludes halogenated alkanes) is 1. The Bertz CT molecular complexity index is 1340. The number of nitrogens with two attached hydrogens (primary N) is 1. The number of esters is 1. The summed E-state index contributed by atoms with van der Waals surface area (Å²) >= 11 is 0.996. The zero-order valence-electron chi connectivity index (χ0n) is 21.1. The molecule has 0 aliphatic heterocycles. The third-order valence-corrected chi connectivity index (χ3v) is 8.32. The largest absolute Gasteiger partial charge is 0.462 e. The summed E-state index contributed by atoms with van der Waals surface area (Å²) in [5.74, 6) is 0.224. The molecule has 0 spiro atoms. The van der Waals surface area contributed by atoms with Crippen LogP contribution in [-0.4, -0.2) is 36.3 Å². The summed E-state index contributed by atoms with van der Waals surface area (Å²) in [7, 11) is -4.15. The van der Waals surface area contributed by atoms with Crippen LogP contribution in [0.4, 0.5) is 0 Å². The molecule has 0 saturated heterocycles. The average molecular weight is 532 g/mol. The summed E-state index contributed by atoms with van der Waals surface area (Å²) in [5.41, 5.74) is 1.23. The van der Waals surface area contributed by atoms with Crippen LogP contribution in [0.2, 0.25) is 0 Å². The molecule has 0 aliphatic rings. The summed E-state index contributed by atoms with van der Waals surface area (Å²) in [6.07, 6.45) is 6.14. The van der Waals surface area contributed by atoms with E-state index in [4.69, 9.17) is 9.88 Å². The number of sulfonamides is 1. The number of aromatic nitrogens is 2. The van der Waals surface area contributed by atoms with Gasteiger partial charge in [0.05, 0.1) is 18.7 Å². The van der Waals surface area contributed by atoms with Gasteiger partial charge in [-0.2, -0.15) is 0 Å². The highest BCUT2D eigenvalue weighted by molar-refractivity contribution is 7.91. The van der Waals surface area contributed by atoms with Crippen LogP contribution in [0.3, 0.4) is 0 Å². The van der Waals surface area contributed by atoms with Gasteiger partial charge in [-0.3, -0.25) is 4.79 Å². The molecule has 0 fully saturated rings. The Balaban J connectivity index is 2.12. The Labute approximate surface area is 216 Å². The third-order valence-electron chi connectivity index (χ3n) is 5.64. The van der Waals surface area contributed by atoms with Crippen molar-refractivity contribution in [1.29, 1.82) is 0 Å². The van der Waals surface area contributed by atoms with Gasteiger partial charge in [-0.15, -0.1) is 11.3 Å². The molecule has 0 saturated carbocycles. The van der Waals surface area contributed by atoms with Crippen LogP contribution < -0.4 is 5.14 Å². The van der Waals surface area contributed by atoms with Gasteiger partial charge in [0.15, 0.2) is 5.78 Å². The van der Waals surface area contributed by atoms with Crippen LogP contribution in [0.5, 0.6) is 0 Å². The van der Waals surface area contributed by atoms with Gasteiger partial charge in [0, 0.05) is 34.8 Å². The van der Waals surface area contributed by atoms with Gasteiger partial charge in [-0.05, 0) is 30.4 Å². The van der Waals surface area contributed by atoms with Crippen LogP contribution in [0.1, 0.15) is 72.0 Å². The fourth-order valence-electron chi connectivity index (χ4n) is 3.92. The van der Waals surface area contributed by atoms with Crippen molar-refractivity contribution in [2.75, 3.05) is 6.61 Å². The third kappa shape index (κ3) is 6.48. The quantitative estimate of drug-likeness (QED) is 0.202. The van der Waals surface area contributed by atoms with Gasteiger partial charge in [0.25, 0.3) is 0 Å². The first kappa shape index (κ1) is 27.8. The first-order valence-electron chi connectivity index (χ1n) is 12.1. The fourth-order valence-corrected chi connectivity index (χ4v) is 6.44. The maximum atomic E-state index is 13.2. The van der Waals surface area contributed by atoms with E-state index in [1.54, 1.807) is 41.2 Å². The molecule has 0 unspecified atom stereocenters. The molecular formula is C26H33N3O5S2. The van der Waals surface area contributed by atoms with Crippen molar-refractivity contribution in [2.45, 2.75) is 64.1 Å². The molecule has 2 heterocycles. The summed E-state index contributed by atoms with van der Waals surface area (Å²) in [6, 6.07) is 6.65. The lowest BCUT2D eigenvalue weighted by Crippen LogP contribution is -2.14. The van der Waals surface area contributed by atoms with E-state index < -0.39 is 16.0 Å². The SMILES string of the molecule is CCCCOC(=O)c1c(CC(C)C)sc(S(N)(=O)=O)c1-c1cccc(C(=O)Cn2ccnc2CC)c1. The van der Waals surface area contributed by atoms with E-state index in [-0.39, 0.29) is 40.2 Å². The second-order valence-corrected chi connectivity index (χ2v) is 11.9. The Morgan fingerprint density at radius 2 is 1.97 bits per heavy atom. The van der Waals surface area contributed by atoms with Crippen LogP contribution in [0, 0.1) is 5.92 Å². The number of ether oxygens (including phenoxy) is 1. The molecule has 2 aromatic heterocycles. The molecule has 36 heavy (non-hydrogen) atoms. The molecule has 8 nitrogen and oxygen atoms in total. The number of hydrogen-bond donors (Lipinski definition) is 1. The Kier molecular flexibility index (Phi) is 9.21. The van der Waals surface area contributed by atoms with Gasteiger partial charge >= 0.3 is 5.97 Å². The van der Waals surface area contributed by atoms with Crippen molar-refractivity contribution in [3.05, 3.63) is 58.5 Å². The van der Waals surface area contributed by atoms with Crippen LogP contribution in [-0.2, 0) is 34.1 Å². The number of carbonyl (C=O) groups is 2. The monoisotopic (exact) mass is 531 g/mol. The number of imidazole rings is 1. The van der Waals surface area contributed by atoms with Gasteiger partial charge in [0.2, 0.25) is 10.0 Å². The molecule has 10 heteroatoms. The van der Waals surface area contributed by atoms with Crippen LogP contribution >= 0.6 is 11.3 Å². The lowest BCUT2D eigenvalue weighted by atomic mass is 9.97. The number of rotatable bonds is 12. The predicted octanol–water partition coefficient (Wildman–Crippen LogP) is 4.86. The number of Topliss-reactive ketones (excluding diaryl/α,β-unsaturated/α-hetero) is 1. The van der Waals surface area contributed by atoms with E-state index in [0.29, 0.717) is 35.3 Å². The molecular weight excluding hydrogens is 498 g/mol. The molecule has 1 aromatic carbocycles. The molecule has 0 amide bonds. The molecule has 2 N–H and O–H groups in total. The number of benzene rings is 1. The normalized spacial score (nSPS) is 11.7. The number of ketones is 1. The standard InChI is InChI=1S/C26H33N3O5S2/c1-5-7-13-34-25(31)24-21(14-17(3)4)35-26(36(27,32)33)23(24)19-10-8-9-18(15-19)20(30)16-29-12-11-28-22(29)6-2/h8-12,15,17H,5-7,13-14,16H2,1-4H3,(H2,27,32,33). The van der Waals surface area contributed by atoms with Crippen molar-refractivity contribution < 1.29 is 22.7 Å². The summed E-state index contributed by atoms with van der Waals surface area (Å²) in [6.45, 7) is 8.26. The van der Waals surface area contributed by atoms with Gasteiger partial charge < -0.3 is 9.30 Å². The van der Waals surface area contributed by atoms with Crippen molar-refractivity contribution in [3.8, 4) is 11.1 Å². The summed E-state index contributed by atoms with van der Waals surface area (Å²) in [4.78, 5) is 31.2. The maximum Gasteiger partial charge on any atom is 0.339 e. The average Bonchev–Trinajstić information content (AvgIpc) is 3.43. The minimum absolute atomic E-state index is 0.100. The van der Waals surface area contributed by atoms with E-state index in [9.17, 15) is 18.0 Å². The minimum atomic E-state index is -4.15. The molecule has 3 aromatic rings. The van der Waals surface area contributed by atoms with E-state index in [1.165, 1.54) is 0 Å². The van der Waals surface area contributed by atoms with E-state index in [1.807, 2.05) is 27.7 Å². The lowest BCUT2D eigenvalue weighted by Gasteiger charge is -2.12. The molecule has 3 rings (SSSR count). The topological polar surface area (TPSA) is 121 Å². The van der Waals surface area contributed by atoms with Gasteiger partial charge in [-0.25, -0.2) is 23.3 Å². The second kappa shape index (κ2) is 11.9. The van der Waals surface area contributed by atoms with Gasteiger partial charge in [0.1, 0.15) is 10.0 Å². The van der Waals surface area contributed by atoms with E-state index >= 15 is 0 Å². The molecule has 0 bridgehead atoms. The lowest BCUT2D eigenvalue weighted by molar-refractivity contribution is 0.0499. The predicted molar refractivity (Wildman–Crippen MR) is 141 cm³/mol. The Morgan fingerprint density at radius 1 is 1.22 bits per heavy atom. The maximum absolute atomic E-state index is 13.2. The number of primary sulfonamides is 1. The van der Waals surface area contributed by atoms with Crippen molar-refractivity contribution in [2.24, 2.45) is 11.1 Å². The van der Waals surface area contributed by atoms with Gasteiger partial charge in [-0.1, -0.05) is 52.3 Å². The number of aryl methyl sites for hydroxylation is 1. The highest BCUT2D eigenvalue weighted by atomic mass is 32.2. The van der Waals surface area contributed by atoms with Crippen molar-refractivity contribution in [1.82, 2.24) is 9.55 Å². The van der Waals surface area contributed by atoms with Crippen LogP contribution in [0.15, 0.2) is 40.9 Å². The van der Waals surface area contributed by atoms with Crippen molar-refractivity contribution in [3.63, 3.8) is 0 Å². The highest BCUT2D eigenvalue weighted by Gasteiger charge is 2.31. The number of carbonyl (C=O) groups excluding carboxylic acids is 2.